The summed E-state index contributed by atoms with van der Waals surface area (Å²) in [6.45, 7) is 1.68. The number of hydrogen-bond donors (Lipinski definition) is 2. The molecule has 1 aliphatic rings. The van der Waals surface area contributed by atoms with Crippen molar-refractivity contribution in [2.24, 2.45) is 5.92 Å². The zero-order chi connectivity index (χ0) is 15.1. The molecule has 4 nitrogen and oxygen atoms in total. The molecule has 2 aromatic rings. The van der Waals surface area contributed by atoms with Gasteiger partial charge in [-0.25, -0.2) is 9.18 Å². The fourth-order valence-corrected chi connectivity index (χ4v) is 3.61. The molecule has 1 amide bonds. The lowest BCUT2D eigenvalue weighted by atomic mass is 10.1. The van der Waals surface area contributed by atoms with E-state index in [4.69, 9.17) is 5.11 Å². The Bertz CT molecular complexity index is 736. The molecule has 21 heavy (non-hydrogen) atoms. The van der Waals surface area contributed by atoms with E-state index in [2.05, 4.69) is 5.32 Å². The van der Waals surface area contributed by atoms with Crippen LogP contribution in [0.3, 0.4) is 0 Å². The van der Waals surface area contributed by atoms with Crippen LogP contribution in [0.25, 0.3) is 10.1 Å². The van der Waals surface area contributed by atoms with E-state index < -0.39 is 17.9 Å². The summed E-state index contributed by atoms with van der Waals surface area (Å²) in [5.74, 6) is -1.81. The zero-order valence-electron chi connectivity index (χ0n) is 11.4. The number of carbonyl (C=O) groups excluding carboxylic acids is 1. The highest BCUT2D eigenvalue weighted by Gasteiger charge is 2.37. The second kappa shape index (κ2) is 5.11. The van der Waals surface area contributed by atoms with Crippen LogP contribution in [0.5, 0.6) is 0 Å². The summed E-state index contributed by atoms with van der Waals surface area (Å²) in [6.07, 6.45) is 1.63. The molecule has 0 radical (unpaired) electrons. The van der Waals surface area contributed by atoms with E-state index in [1.54, 1.807) is 19.1 Å². The zero-order valence-corrected chi connectivity index (χ0v) is 12.2. The smallest absolute Gasteiger partial charge is 0.326 e. The second-order valence-electron chi connectivity index (χ2n) is 5.30. The van der Waals surface area contributed by atoms with Crippen LogP contribution in [0, 0.1) is 18.7 Å². The lowest BCUT2D eigenvalue weighted by molar-refractivity contribution is -0.139. The predicted octanol–water partition coefficient (Wildman–Crippen LogP) is 2.94. The van der Waals surface area contributed by atoms with Gasteiger partial charge in [0.15, 0.2) is 0 Å². The van der Waals surface area contributed by atoms with Crippen LogP contribution in [0.1, 0.15) is 28.1 Å². The quantitative estimate of drug-likeness (QED) is 0.912. The van der Waals surface area contributed by atoms with Crippen LogP contribution in [-0.2, 0) is 4.79 Å². The normalized spacial score (nSPS) is 15.9. The number of benzene rings is 1. The van der Waals surface area contributed by atoms with E-state index in [0.29, 0.717) is 20.5 Å². The van der Waals surface area contributed by atoms with Gasteiger partial charge in [0.1, 0.15) is 11.9 Å². The molecule has 1 aliphatic carbocycles. The van der Waals surface area contributed by atoms with Crippen LogP contribution in [-0.4, -0.2) is 23.0 Å². The number of fused-ring (bicyclic) bond motifs is 1. The fraction of sp³-hybridized carbons (Fsp3) is 0.333. The molecule has 0 saturated heterocycles. The van der Waals surface area contributed by atoms with Gasteiger partial charge in [0, 0.05) is 10.1 Å². The van der Waals surface area contributed by atoms with Gasteiger partial charge in [-0.2, -0.15) is 0 Å². The van der Waals surface area contributed by atoms with Crippen molar-refractivity contribution in [3.8, 4) is 0 Å². The Balaban J connectivity index is 1.93. The van der Waals surface area contributed by atoms with Gasteiger partial charge in [-0.1, -0.05) is 6.07 Å². The molecule has 3 rings (SSSR count). The molecular weight excluding hydrogens is 293 g/mol. The molecule has 1 fully saturated rings. The number of halogens is 1. The van der Waals surface area contributed by atoms with Gasteiger partial charge < -0.3 is 10.4 Å². The van der Waals surface area contributed by atoms with Crippen molar-refractivity contribution in [1.82, 2.24) is 5.32 Å². The highest BCUT2D eigenvalue weighted by molar-refractivity contribution is 7.21. The van der Waals surface area contributed by atoms with Crippen molar-refractivity contribution in [2.45, 2.75) is 25.8 Å². The summed E-state index contributed by atoms with van der Waals surface area (Å²) < 4.78 is 14.5. The maximum absolute atomic E-state index is 13.8. The van der Waals surface area contributed by atoms with E-state index >= 15 is 0 Å². The average molecular weight is 307 g/mol. The first-order valence-corrected chi connectivity index (χ1v) is 7.52. The number of nitrogens with one attached hydrogen (secondary N) is 1. The Hall–Kier alpha value is -1.95. The van der Waals surface area contributed by atoms with Crippen molar-refractivity contribution < 1.29 is 19.1 Å². The molecule has 0 aliphatic heterocycles. The Morgan fingerprint density at radius 2 is 2.14 bits per heavy atom. The van der Waals surface area contributed by atoms with Crippen molar-refractivity contribution in [2.75, 3.05) is 0 Å². The number of aryl methyl sites for hydroxylation is 1. The van der Waals surface area contributed by atoms with Gasteiger partial charge in [0.2, 0.25) is 0 Å². The topological polar surface area (TPSA) is 66.4 Å². The standard InChI is InChI=1S/C15H14FNO3S/c1-7-11-9(16)3-2-4-10(11)21-13(7)14(18)17-12(15(19)20)8-5-6-8/h2-4,8,12H,5-6H2,1H3,(H,17,18)(H,19,20). The molecule has 1 heterocycles. The molecule has 1 saturated carbocycles. The lowest BCUT2D eigenvalue weighted by Crippen LogP contribution is -2.42. The molecule has 6 heteroatoms. The molecule has 2 N–H and O–H groups in total. The van der Waals surface area contributed by atoms with Gasteiger partial charge in [-0.15, -0.1) is 11.3 Å². The van der Waals surface area contributed by atoms with E-state index in [9.17, 15) is 14.0 Å². The average Bonchev–Trinajstić information content (AvgIpc) is 3.20. The van der Waals surface area contributed by atoms with Gasteiger partial charge in [-0.3, -0.25) is 4.79 Å². The minimum absolute atomic E-state index is 0.0119. The van der Waals surface area contributed by atoms with E-state index in [1.165, 1.54) is 17.4 Å². The summed E-state index contributed by atoms with van der Waals surface area (Å²) >= 11 is 1.19. The Kier molecular flexibility index (Phi) is 3.41. The molecule has 110 valence electrons. The molecule has 0 spiro atoms. The Morgan fingerprint density at radius 1 is 1.43 bits per heavy atom. The Morgan fingerprint density at radius 3 is 2.71 bits per heavy atom. The number of amides is 1. The van der Waals surface area contributed by atoms with Crippen LogP contribution in [0.2, 0.25) is 0 Å². The number of aliphatic carboxylic acids is 1. The van der Waals surface area contributed by atoms with Crippen molar-refractivity contribution in [3.05, 3.63) is 34.5 Å². The monoisotopic (exact) mass is 307 g/mol. The van der Waals surface area contributed by atoms with Gasteiger partial charge in [0.25, 0.3) is 5.91 Å². The number of hydrogen-bond acceptors (Lipinski definition) is 3. The molecule has 1 aromatic carbocycles. The number of carbonyl (C=O) groups is 2. The summed E-state index contributed by atoms with van der Waals surface area (Å²) in [6, 6.07) is 3.85. The van der Waals surface area contributed by atoms with Crippen molar-refractivity contribution in [3.63, 3.8) is 0 Å². The van der Waals surface area contributed by atoms with Crippen LogP contribution >= 0.6 is 11.3 Å². The van der Waals surface area contributed by atoms with E-state index in [1.807, 2.05) is 0 Å². The maximum atomic E-state index is 13.8. The highest BCUT2D eigenvalue weighted by atomic mass is 32.1. The van der Waals surface area contributed by atoms with E-state index in [0.717, 1.165) is 12.8 Å². The van der Waals surface area contributed by atoms with Crippen LogP contribution in [0.15, 0.2) is 18.2 Å². The molecular formula is C15H14FNO3S. The first-order chi connectivity index (χ1) is 9.99. The van der Waals surface area contributed by atoms with Gasteiger partial charge in [0.05, 0.1) is 4.88 Å². The highest BCUT2D eigenvalue weighted by Crippen LogP contribution is 2.35. The number of rotatable bonds is 4. The fourth-order valence-electron chi connectivity index (χ4n) is 2.49. The van der Waals surface area contributed by atoms with E-state index in [-0.39, 0.29) is 11.7 Å². The van der Waals surface area contributed by atoms with Crippen molar-refractivity contribution >= 4 is 33.3 Å². The molecule has 1 atom stereocenters. The first kappa shape index (κ1) is 14.0. The number of thiophene rings is 1. The van der Waals surface area contributed by atoms with Crippen LogP contribution < -0.4 is 5.32 Å². The summed E-state index contributed by atoms with van der Waals surface area (Å²) in [7, 11) is 0. The third-order valence-electron chi connectivity index (χ3n) is 3.76. The third-order valence-corrected chi connectivity index (χ3v) is 5.01. The predicted molar refractivity (Wildman–Crippen MR) is 78.1 cm³/mol. The minimum atomic E-state index is -1.02. The van der Waals surface area contributed by atoms with Crippen LogP contribution in [0.4, 0.5) is 4.39 Å². The maximum Gasteiger partial charge on any atom is 0.326 e. The third kappa shape index (κ3) is 2.51. The van der Waals surface area contributed by atoms with Gasteiger partial charge in [-0.05, 0) is 43.4 Å². The summed E-state index contributed by atoms with van der Waals surface area (Å²) in [5, 5.41) is 12.2. The summed E-state index contributed by atoms with van der Waals surface area (Å²) in [5.41, 5.74) is 0.561. The number of carboxylic acid groups (broad SMARTS) is 1. The minimum Gasteiger partial charge on any atom is -0.480 e. The van der Waals surface area contributed by atoms with Gasteiger partial charge >= 0.3 is 5.97 Å². The van der Waals surface area contributed by atoms with Crippen molar-refractivity contribution in [1.29, 1.82) is 0 Å². The largest absolute Gasteiger partial charge is 0.480 e. The Labute approximate surface area is 124 Å². The number of carboxylic acids is 1. The second-order valence-corrected chi connectivity index (χ2v) is 6.35. The lowest BCUT2D eigenvalue weighted by Gasteiger charge is -2.13. The molecule has 1 aromatic heterocycles. The first-order valence-electron chi connectivity index (χ1n) is 6.70. The molecule has 1 unspecified atom stereocenters. The SMILES string of the molecule is Cc1c(C(=O)NC(C(=O)O)C2CC2)sc2cccc(F)c12. The molecule has 0 bridgehead atoms. The summed E-state index contributed by atoms with van der Waals surface area (Å²) in [4.78, 5) is 23.9.